The Morgan fingerprint density at radius 2 is 2.10 bits per heavy atom. The van der Waals surface area contributed by atoms with Crippen molar-refractivity contribution in [3.63, 3.8) is 0 Å². The second kappa shape index (κ2) is 6.21. The van der Waals surface area contributed by atoms with Gasteiger partial charge < -0.3 is 20.0 Å². The number of nitro benzene ring substituents is 1. The maximum absolute atomic E-state index is 11.6. The normalized spacial score (nSPS) is 12.3. The van der Waals surface area contributed by atoms with Gasteiger partial charge in [-0.2, -0.15) is 0 Å². The summed E-state index contributed by atoms with van der Waals surface area (Å²) in [7, 11) is 0. The fraction of sp³-hybridized carbons (Fsp3) is 0.385. The first-order valence-electron chi connectivity index (χ1n) is 6.06. The molecule has 21 heavy (non-hydrogen) atoms. The van der Waals surface area contributed by atoms with Crippen molar-refractivity contribution < 1.29 is 24.4 Å². The summed E-state index contributed by atoms with van der Waals surface area (Å²) in [6, 6.07) is 2.30. The van der Waals surface area contributed by atoms with Crippen LogP contribution in [0.5, 0.6) is 5.75 Å². The summed E-state index contributed by atoms with van der Waals surface area (Å²) in [6.07, 6.45) is -0.407. The highest BCUT2D eigenvalue weighted by molar-refractivity contribution is 5.75. The minimum absolute atomic E-state index is 0.167. The molecule has 0 saturated carbocycles. The van der Waals surface area contributed by atoms with Crippen LogP contribution in [0.3, 0.4) is 0 Å². The zero-order chi connectivity index (χ0) is 16.2. The van der Waals surface area contributed by atoms with E-state index in [4.69, 9.17) is 4.74 Å². The molecule has 0 aromatic heterocycles. The molecule has 1 rings (SSSR count). The van der Waals surface area contributed by atoms with Crippen molar-refractivity contribution >= 4 is 18.1 Å². The largest absolute Gasteiger partial charge is 0.502 e. The fourth-order valence-electron chi connectivity index (χ4n) is 1.51. The quantitative estimate of drug-likeness (QED) is 0.498. The van der Waals surface area contributed by atoms with Crippen LogP contribution in [0.1, 0.15) is 32.4 Å². The molecule has 114 valence electrons. The highest BCUT2D eigenvalue weighted by Gasteiger charge is 2.22. The molecule has 1 amide bonds. The number of nitro groups is 1. The number of alkyl carbamates (subject to hydrolysis) is 1. The molecule has 0 heterocycles. The summed E-state index contributed by atoms with van der Waals surface area (Å²) >= 11 is 0. The molecule has 1 aromatic rings. The van der Waals surface area contributed by atoms with E-state index in [0.29, 0.717) is 6.29 Å². The van der Waals surface area contributed by atoms with E-state index in [-0.39, 0.29) is 5.56 Å². The van der Waals surface area contributed by atoms with E-state index >= 15 is 0 Å². The number of rotatable bonds is 4. The van der Waals surface area contributed by atoms with Crippen molar-refractivity contribution in [2.75, 3.05) is 0 Å². The molecule has 0 saturated heterocycles. The first kappa shape index (κ1) is 16.4. The molecule has 0 aliphatic carbocycles. The van der Waals surface area contributed by atoms with Crippen LogP contribution in [-0.2, 0) is 9.53 Å². The molecule has 8 heteroatoms. The number of hydrogen-bond donors (Lipinski definition) is 2. The molecule has 2 N–H and O–H groups in total. The van der Waals surface area contributed by atoms with Gasteiger partial charge in [0.15, 0.2) is 5.75 Å². The number of benzene rings is 1. The second-order valence-corrected chi connectivity index (χ2v) is 5.27. The van der Waals surface area contributed by atoms with Crippen LogP contribution in [-0.4, -0.2) is 28.0 Å². The van der Waals surface area contributed by atoms with Crippen LogP contribution >= 0.6 is 0 Å². The fourth-order valence-corrected chi connectivity index (χ4v) is 1.51. The third-order valence-corrected chi connectivity index (χ3v) is 2.36. The molecule has 1 aromatic carbocycles. The Kier molecular flexibility index (Phi) is 4.85. The van der Waals surface area contributed by atoms with Gasteiger partial charge in [-0.25, -0.2) is 4.79 Å². The zero-order valence-electron chi connectivity index (χ0n) is 11.8. The molecule has 1 unspecified atom stereocenters. The number of amides is 1. The van der Waals surface area contributed by atoms with Crippen LogP contribution in [0.15, 0.2) is 18.2 Å². The molecule has 0 fully saturated rings. The smallest absolute Gasteiger partial charge is 0.408 e. The average molecular weight is 296 g/mol. The Morgan fingerprint density at radius 1 is 1.48 bits per heavy atom. The van der Waals surface area contributed by atoms with E-state index in [0.717, 1.165) is 12.1 Å². The van der Waals surface area contributed by atoms with E-state index in [1.807, 2.05) is 0 Å². The molecular weight excluding hydrogens is 280 g/mol. The average Bonchev–Trinajstić information content (AvgIpc) is 2.34. The highest BCUT2D eigenvalue weighted by Crippen LogP contribution is 2.28. The second-order valence-electron chi connectivity index (χ2n) is 5.27. The maximum Gasteiger partial charge on any atom is 0.408 e. The first-order valence-corrected chi connectivity index (χ1v) is 6.06. The van der Waals surface area contributed by atoms with Gasteiger partial charge in [0.1, 0.15) is 17.9 Å². The summed E-state index contributed by atoms with van der Waals surface area (Å²) in [5.41, 5.74) is -1.12. The summed E-state index contributed by atoms with van der Waals surface area (Å²) in [5.74, 6) is -0.523. The van der Waals surface area contributed by atoms with Crippen molar-refractivity contribution in [2.45, 2.75) is 32.4 Å². The van der Waals surface area contributed by atoms with Crippen molar-refractivity contribution in [1.82, 2.24) is 5.32 Å². The van der Waals surface area contributed by atoms with Gasteiger partial charge in [-0.05, 0) is 32.4 Å². The molecule has 8 nitrogen and oxygen atoms in total. The summed E-state index contributed by atoms with van der Waals surface area (Å²) in [5, 5.41) is 22.4. The SMILES string of the molecule is CC(C)(C)OC(=O)NC(C=O)c1ccc(O)c([N+](=O)[O-])c1. The number of phenols is 1. The monoisotopic (exact) mass is 296 g/mol. The third-order valence-electron chi connectivity index (χ3n) is 2.36. The van der Waals surface area contributed by atoms with Crippen LogP contribution in [0.2, 0.25) is 0 Å². The number of carbonyl (C=O) groups excluding carboxylic acids is 2. The molecule has 0 aliphatic rings. The topological polar surface area (TPSA) is 119 Å². The Hall–Kier alpha value is -2.64. The third kappa shape index (κ3) is 4.75. The van der Waals surface area contributed by atoms with Gasteiger partial charge in [-0.15, -0.1) is 0 Å². The number of nitrogens with one attached hydrogen (secondary N) is 1. The lowest BCUT2D eigenvalue weighted by Crippen LogP contribution is -2.35. The predicted octanol–water partition coefficient (Wildman–Crippen LogP) is 2.07. The molecule has 0 radical (unpaired) electrons. The van der Waals surface area contributed by atoms with Crippen molar-refractivity contribution in [3.8, 4) is 5.75 Å². The number of nitrogens with zero attached hydrogens (tertiary/aromatic N) is 1. The van der Waals surface area contributed by atoms with Gasteiger partial charge in [0.05, 0.1) is 4.92 Å². The van der Waals surface area contributed by atoms with E-state index in [1.165, 1.54) is 6.07 Å². The molecule has 0 bridgehead atoms. The number of hydrogen-bond acceptors (Lipinski definition) is 6. The summed E-state index contributed by atoms with van der Waals surface area (Å²) < 4.78 is 5.00. The number of carbonyl (C=O) groups is 2. The van der Waals surface area contributed by atoms with Crippen LogP contribution in [0, 0.1) is 10.1 Å². The first-order chi connectivity index (χ1) is 9.64. The highest BCUT2D eigenvalue weighted by atomic mass is 16.6. The Bertz CT molecular complexity index is 564. The van der Waals surface area contributed by atoms with Crippen molar-refractivity contribution in [3.05, 3.63) is 33.9 Å². The number of aldehydes is 1. The van der Waals surface area contributed by atoms with Gasteiger partial charge >= 0.3 is 11.8 Å². The number of phenolic OH excluding ortho intramolecular Hbond substituents is 1. The lowest BCUT2D eigenvalue weighted by molar-refractivity contribution is -0.385. The lowest BCUT2D eigenvalue weighted by atomic mass is 10.1. The van der Waals surface area contributed by atoms with E-state index in [9.17, 15) is 24.8 Å². The van der Waals surface area contributed by atoms with E-state index < -0.39 is 34.1 Å². The minimum Gasteiger partial charge on any atom is -0.502 e. The van der Waals surface area contributed by atoms with Gasteiger partial charge in [-0.3, -0.25) is 10.1 Å². The van der Waals surface area contributed by atoms with Crippen LogP contribution in [0.4, 0.5) is 10.5 Å². The van der Waals surface area contributed by atoms with E-state index in [2.05, 4.69) is 5.32 Å². The standard InChI is InChI=1S/C13H16N2O6/c1-13(2,3)21-12(18)14-9(7-16)8-4-5-11(17)10(6-8)15(19)20/h4-7,9,17H,1-3H3,(H,14,18). The molecule has 0 spiro atoms. The Balaban J connectivity index is 2.96. The van der Waals surface area contributed by atoms with Crippen molar-refractivity contribution in [1.29, 1.82) is 0 Å². The number of aromatic hydroxyl groups is 1. The Labute approximate surface area is 120 Å². The molecule has 1 atom stereocenters. The van der Waals surface area contributed by atoms with Gasteiger partial charge in [0, 0.05) is 6.07 Å². The van der Waals surface area contributed by atoms with Crippen LogP contribution in [0.25, 0.3) is 0 Å². The minimum atomic E-state index is -1.11. The predicted molar refractivity (Wildman–Crippen MR) is 72.9 cm³/mol. The van der Waals surface area contributed by atoms with E-state index in [1.54, 1.807) is 20.8 Å². The summed E-state index contributed by atoms with van der Waals surface area (Å²) in [4.78, 5) is 32.6. The van der Waals surface area contributed by atoms with Crippen molar-refractivity contribution in [2.24, 2.45) is 0 Å². The maximum atomic E-state index is 11.6. The van der Waals surface area contributed by atoms with Gasteiger partial charge in [0.25, 0.3) is 0 Å². The molecule has 0 aliphatic heterocycles. The van der Waals surface area contributed by atoms with Gasteiger partial charge in [-0.1, -0.05) is 6.07 Å². The number of ether oxygens (including phenoxy) is 1. The summed E-state index contributed by atoms with van der Waals surface area (Å²) in [6.45, 7) is 4.98. The lowest BCUT2D eigenvalue weighted by Gasteiger charge is -2.21. The molecular formula is C13H16N2O6. The van der Waals surface area contributed by atoms with Crippen LogP contribution < -0.4 is 5.32 Å². The zero-order valence-corrected chi connectivity index (χ0v) is 11.8. The Morgan fingerprint density at radius 3 is 2.57 bits per heavy atom. The van der Waals surface area contributed by atoms with Gasteiger partial charge in [0.2, 0.25) is 0 Å².